The molecular formula is C27H31F2N3O3. The molecule has 1 aliphatic rings. The number of benzene rings is 2. The molecule has 3 aromatic rings. The van der Waals surface area contributed by atoms with Crippen LogP contribution in [0.4, 0.5) is 8.78 Å². The Labute approximate surface area is 204 Å². The van der Waals surface area contributed by atoms with Crippen molar-refractivity contribution in [2.24, 2.45) is 0 Å². The van der Waals surface area contributed by atoms with Crippen LogP contribution in [0.1, 0.15) is 31.0 Å². The van der Waals surface area contributed by atoms with E-state index in [0.29, 0.717) is 31.2 Å². The van der Waals surface area contributed by atoms with Crippen molar-refractivity contribution < 1.29 is 23.4 Å². The molecule has 1 aromatic heterocycles. The molecule has 2 unspecified atom stereocenters. The first-order valence-corrected chi connectivity index (χ1v) is 11.7. The van der Waals surface area contributed by atoms with E-state index in [1.54, 1.807) is 11.6 Å². The average Bonchev–Trinajstić information content (AvgIpc) is 3.44. The van der Waals surface area contributed by atoms with Gasteiger partial charge in [0.2, 0.25) is 5.88 Å². The first-order chi connectivity index (χ1) is 16.8. The summed E-state index contributed by atoms with van der Waals surface area (Å²) in [6.07, 6.45) is 3.51. The molecule has 2 heterocycles. The Kier molecular flexibility index (Phi) is 7.64. The van der Waals surface area contributed by atoms with E-state index >= 15 is 0 Å². The number of aromatic nitrogens is 2. The zero-order valence-corrected chi connectivity index (χ0v) is 20.1. The molecule has 1 saturated heterocycles. The fourth-order valence-corrected chi connectivity index (χ4v) is 4.23. The Hall–Kier alpha value is -3.07. The molecule has 1 fully saturated rings. The highest BCUT2D eigenvalue weighted by molar-refractivity contribution is 5.43. The van der Waals surface area contributed by atoms with Crippen LogP contribution in [0.5, 0.6) is 11.6 Å². The number of halogens is 2. The molecule has 2 atom stereocenters. The van der Waals surface area contributed by atoms with Crippen molar-refractivity contribution in [1.82, 2.24) is 14.7 Å². The Balaban J connectivity index is 1.73. The number of aliphatic hydroxyl groups is 1. The van der Waals surface area contributed by atoms with Crippen LogP contribution in [-0.4, -0.2) is 51.2 Å². The summed E-state index contributed by atoms with van der Waals surface area (Å²) in [5.41, 5.74) is 1.05. The number of nitrogens with zero attached hydrogens (tertiary/aromatic N) is 3. The highest BCUT2D eigenvalue weighted by Crippen LogP contribution is 2.33. The van der Waals surface area contributed by atoms with Gasteiger partial charge in [-0.15, -0.1) is 6.58 Å². The van der Waals surface area contributed by atoms with E-state index in [0.717, 1.165) is 42.8 Å². The van der Waals surface area contributed by atoms with Gasteiger partial charge in [-0.1, -0.05) is 24.3 Å². The number of para-hydroxylation sites is 1. The molecule has 2 aromatic carbocycles. The van der Waals surface area contributed by atoms with Gasteiger partial charge in [-0.05, 0) is 51.0 Å². The Morgan fingerprint density at radius 3 is 2.71 bits per heavy atom. The third-order valence-electron chi connectivity index (χ3n) is 6.09. The molecule has 1 N–H and O–H groups in total. The standard InChI is InChI=1S/C27H31F2N3O3/c1-4-27(3,33)18-31(16-22-11-8-14-34-22)17-23-19(2)30-32(21-9-6-5-7-10-21)26(23)35-25-13-12-20(28)15-24(25)29/h4-7,9-10,12-13,15,22,33H,1,8,11,14,16-18H2,2-3H3. The normalized spacial score (nSPS) is 17.5. The molecule has 4 rings (SSSR count). The maximum atomic E-state index is 14.5. The van der Waals surface area contributed by atoms with Crippen molar-refractivity contribution in [2.45, 2.75) is 44.9 Å². The highest BCUT2D eigenvalue weighted by atomic mass is 19.1. The maximum Gasteiger partial charge on any atom is 0.227 e. The van der Waals surface area contributed by atoms with Gasteiger partial charge in [-0.2, -0.15) is 5.10 Å². The summed E-state index contributed by atoms with van der Waals surface area (Å²) in [6, 6.07) is 12.6. The quantitative estimate of drug-likeness (QED) is 0.403. The van der Waals surface area contributed by atoms with E-state index in [9.17, 15) is 13.9 Å². The molecule has 186 valence electrons. The Morgan fingerprint density at radius 2 is 2.06 bits per heavy atom. The van der Waals surface area contributed by atoms with Crippen molar-refractivity contribution in [3.05, 3.63) is 84.1 Å². The van der Waals surface area contributed by atoms with Crippen molar-refractivity contribution in [3.63, 3.8) is 0 Å². The lowest BCUT2D eigenvalue weighted by molar-refractivity contribution is 0.0239. The largest absolute Gasteiger partial charge is 0.435 e. The molecule has 8 heteroatoms. The fraction of sp³-hybridized carbons (Fsp3) is 0.370. The molecule has 6 nitrogen and oxygen atoms in total. The van der Waals surface area contributed by atoms with E-state index in [1.165, 1.54) is 12.1 Å². The lowest BCUT2D eigenvalue weighted by Crippen LogP contribution is -2.42. The minimum absolute atomic E-state index is 0.0546. The van der Waals surface area contributed by atoms with Gasteiger partial charge in [0.25, 0.3) is 0 Å². The van der Waals surface area contributed by atoms with Crippen LogP contribution in [0.3, 0.4) is 0 Å². The predicted octanol–water partition coefficient (Wildman–Crippen LogP) is 5.17. The molecule has 0 spiro atoms. The zero-order chi connectivity index (χ0) is 25.0. The van der Waals surface area contributed by atoms with Crippen molar-refractivity contribution in [3.8, 4) is 17.3 Å². The number of rotatable bonds is 10. The molecule has 0 bridgehead atoms. The van der Waals surface area contributed by atoms with Crippen molar-refractivity contribution >= 4 is 0 Å². The van der Waals surface area contributed by atoms with Crippen LogP contribution < -0.4 is 4.74 Å². The molecule has 0 radical (unpaired) electrons. The molecule has 1 aliphatic heterocycles. The number of aryl methyl sites for hydroxylation is 1. The smallest absolute Gasteiger partial charge is 0.227 e. The molecule has 0 aliphatic carbocycles. The summed E-state index contributed by atoms with van der Waals surface area (Å²) in [7, 11) is 0. The highest BCUT2D eigenvalue weighted by Gasteiger charge is 2.28. The van der Waals surface area contributed by atoms with Gasteiger partial charge in [0.1, 0.15) is 5.82 Å². The van der Waals surface area contributed by atoms with Crippen LogP contribution in [0, 0.1) is 18.6 Å². The summed E-state index contributed by atoms with van der Waals surface area (Å²) in [5, 5.41) is 15.4. The first kappa shape index (κ1) is 25.0. The summed E-state index contributed by atoms with van der Waals surface area (Å²) >= 11 is 0. The van der Waals surface area contributed by atoms with Crippen LogP contribution in [-0.2, 0) is 11.3 Å². The summed E-state index contributed by atoms with van der Waals surface area (Å²) < 4.78 is 41.6. The summed E-state index contributed by atoms with van der Waals surface area (Å²) in [5.74, 6) is -1.26. The van der Waals surface area contributed by atoms with E-state index in [2.05, 4.69) is 16.6 Å². The molecule has 0 amide bonds. The van der Waals surface area contributed by atoms with Gasteiger partial charge in [0, 0.05) is 32.3 Å². The molecule has 0 saturated carbocycles. The summed E-state index contributed by atoms with van der Waals surface area (Å²) in [4.78, 5) is 2.07. The number of hydrogen-bond acceptors (Lipinski definition) is 5. The second kappa shape index (κ2) is 10.7. The minimum atomic E-state index is -1.12. The minimum Gasteiger partial charge on any atom is -0.435 e. The van der Waals surface area contributed by atoms with Crippen LogP contribution >= 0.6 is 0 Å². The van der Waals surface area contributed by atoms with Crippen LogP contribution in [0.2, 0.25) is 0 Å². The van der Waals surface area contributed by atoms with Gasteiger partial charge in [0.15, 0.2) is 11.6 Å². The topological polar surface area (TPSA) is 59.8 Å². The van der Waals surface area contributed by atoms with E-state index in [-0.39, 0.29) is 11.9 Å². The van der Waals surface area contributed by atoms with E-state index in [4.69, 9.17) is 9.47 Å². The predicted molar refractivity (Wildman–Crippen MR) is 130 cm³/mol. The third kappa shape index (κ3) is 6.14. The SMILES string of the molecule is C=CC(C)(O)CN(Cc1c(C)nn(-c2ccccc2)c1Oc1ccc(F)cc1F)CC1CCCO1. The Bertz CT molecular complexity index is 1160. The second-order valence-corrected chi connectivity index (χ2v) is 9.16. The lowest BCUT2D eigenvalue weighted by Gasteiger charge is -2.31. The Morgan fingerprint density at radius 1 is 1.29 bits per heavy atom. The van der Waals surface area contributed by atoms with E-state index < -0.39 is 17.2 Å². The molecular weight excluding hydrogens is 452 g/mol. The fourth-order valence-electron chi connectivity index (χ4n) is 4.23. The van der Waals surface area contributed by atoms with E-state index in [1.807, 2.05) is 37.3 Å². The molecule has 35 heavy (non-hydrogen) atoms. The van der Waals surface area contributed by atoms with Crippen LogP contribution in [0.15, 0.2) is 61.2 Å². The second-order valence-electron chi connectivity index (χ2n) is 9.16. The monoisotopic (exact) mass is 483 g/mol. The van der Waals surface area contributed by atoms with Crippen molar-refractivity contribution in [1.29, 1.82) is 0 Å². The van der Waals surface area contributed by atoms with Gasteiger partial charge in [-0.3, -0.25) is 4.90 Å². The average molecular weight is 484 g/mol. The van der Waals surface area contributed by atoms with Gasteiger partial charge >= 0.3 is 0 Å². The lowest BCUT2D eigenvalue weighted by atomic mass is 10.1. The van der Waals surface area contributed by atoms with Crippen LogP contribution in [0.25, 0.3) is 5.69 Å². The van der Waals surface area contributed by atoms with Gasteiger partial charge in [-0.25, -0.2) is 13.5 Å². The van der Waals surface area contributed by atoms with Crippen molar-refractivity contribution in [2.75, 3.05) is 19.7 Å². The third-order valence-corrected chi connectivity index (χ3v) is 6.09. The maximum absolute atomic E-state index is 14.5. The number of ether oxygens (including phenoxy) is 2. The zero-order valence-electron chi connectivity index (χ0n) is 20.1. The van der Waals surface area contributed by atoms with Gasteiger partial charge < -0.3 is 14.6 Å². The number of hydrogen-bond donors (Lipinski definition) is 1. The van der Waals surface area contributed by atoms with Gasteiger partial charge in [0.05, 0.1) is 28.6 Å². The summed E-state index contributed by atoms with van der Waals surface area (Å²) in [6.45, 7) is 9.33. The first-order valence-electron chi connectivity index (χ1n) is 11.7.